The molecule has 0 saturated heterocycles. The van der Waals surface area contributed by atoms with Crippen LogP contribution in [0.1, 0.15) is 25.3 Å². The largest absolute Gasteiger partial charge is 0.341 e. The van der Waals surface area contributed by atoms with Crippen LogP contribution < -0.4 is 5.73 Å². The molecule has 1 aromatic carbocycles. The van der Waals surface area contributed by atoms with Crippen LogP contribution in [0.4, 0.5) is 0 Å². The quantitative estimate of drug-likeness (QED) is 0.896. The molecule has 4 heteroatoms. The lowest BCUT2D eigenvalue weighted by molar-refractivity contribution is -0.132. The molecule has 17 heavy (non-hydrogen) atoms. The lowest BCUT2D eigenvalue weighted by Crippen LogP contribution is -2.41. The van der Waals surface area contributed by atoms with E-state index < -0.39 is 0 Å². The summed E-state index contributed by atoms with van der Waals surface area (Å²) in [6, 6.07) is 7.44. The van der Waals surface area contributed by atoms with Crippen LogP contribution >= 0.6 is 11.6 Å². The van der Waals surface area contributed by atoms with Crippen molar-refractivity contribution in [2.75, 3.05) is 13.6 Å². The molecule has 0 heterocycles. The van der Waals surface area contributed by atoms with Gasteiger partial charge in [-0.2, -0.15) is 0 Å². The molecule has 1 rings (SSSR count). The average molecular weight is 255 g/mol. The fourth-order valence-electron chi connectivity index (χ4n) is 1.60. The fourth-order valence-corrected chi connectivity index (χ4v) is 1.80. The van der Waals surface area contributed by atoms with Crippen molar-refractivity contribution in [1.29, 1.82) is 0 Å². The monoisotopic (exact) mass is 254 g/mol. The second-order valence-corrected chi connectivity index (χ2v) is 4.75. The average Bonchev–Trinajstić information content (AvgIpc) is 2.35. The minimum atomic E-state index is -0.201. The minimum Gasteiger partial charge on any atom is -0.341 e. The first-order valence-electron chi connectivity index (χ1n) is 5.69. The predicted molar refractivity (Wildman–Crippen MR) is 71.2 cm³/mol. The summed E-state index contributed by atoms with van der Waals surface area (Å²) in [4.78, 5) is 13.9. The van der Waals surface area contributed by atoms with Gasteiger partial charge in [-0.05, 0) is 31.5 Å². The lowest BCUT2D eigenvalue weighted by Gasteiger charge is -2.27. The highest BCUT2D eigenvalue weighted by atomic mass is 35.5. The third-order valence-corrected chi connectivity index (χ3v) is 3.30. The van der Waals surface area contributed by atoms with E-state index in [4.69, 9.17) is 17.3 Å². The van der Waals surface area contributed by atoms with Gasteiger partial charge in [-0.3, -0.25) is 4.79 Å². The zero-order valence-electron chi connectivity index (χ0n) is 10.5. The molecule has 0 radical (unpaired) electrons. The summed E-state index contributed by atoms with van der Waals surface area (Å²) in [5.41, 5.74) is 6.49. The SMILES string of the molecule is CC(C(=O)N(C)C(C)CN)c1cccc(Cl)c1. The van der Waals surface area contributed by atoms with Gasteiger partial charge in [0.15, 0.2) is 0 Å². The molecule has 1 amide bonds. The number of hydrogen-bond acceptors (Lipinski definition) is 2. The van der Waals surface area contributed by atoms with E-state index in [9.17, 15) is 4.79 Å². The second kappa shape index (κ2) is 6.03. The number of hydrogen-bond donors (Lipinski definition) is 1. The van der Waals surface area contributed by atoms with Crippen molar-refractivity contribution in [2.24, 2.45) is 5.73 Å². The molecule has 2 atom stereocenters. The molecule has 0 aliphatic rings. The summed E-state index contributed by atoms with van der Waals surface area (Å²) in [6.07, 6.45) is 0. The van der Waals surface area contributed by atoms with Crippen molar-refractivity contribution in [3.63, 3.8) is 0 Å². The Bertz CT molecular complexity index is 395. The molecule has 0 bridgehead atoms. The molecular formula is C13H19ClN2O. The maximum Gasteiger partial charge on any atom is 0.229 e. The van der Waals surface area contributed by atoms with Gasteiger partial charge in [-0.15, -0.1) is 0 Å². The van der Waals surface area contributed by atoms with Crippen LogP contribution in [0.25, 0.3) is 0 Å². The maximum absolute atomic E-state index is 12.2. The summed E-state index contributed by atoms with van der Waals surface area (Å²) in [6.45, 7) is 4.28. The molecule has 3 nitrogen and oxygen atoms in total. The van der Waals surface area contributed by atoms with E-state index in [0.717, 1.165) is 5.56 Å². The van der Waals surface area contributed by atoms with Crippen molar-refractivity contribution >= 4 is 17.5 Å². The minimum absolute atomic E-state index is 0.0455. The van der Waals surface area contributed by atoms with Gasteiger partial charge in [-0.1, -0.05) is 23.7 Å². The Balaban J connectivity index is 2.83. The first kappa shape index (κ1) is 14.0. The summed E-state index contributed by atoms with van der Waals surface area (Å²) in [5.74, 6) is -0.141. The molecule has 0 aliphatic carbocycles. The van der Waals surface area contributed by atoms with E-state index in [0.29, 0.717) is 11.6 Å². The van der Waals surface area contributed by atoms with E-state index >= 15 is 0 Å². The fraction of sp³-hybridized carbons (Fsp3) is 0.462. The molecule has 2 unspecified atom stereocenters. The van der Waals surface area contributed by atoms with E-state index in [-0.39, 0.29) is 17.9 Å². The Hall–Kier alpha value is -1.06. The van der Waals surface area contributed by atoms with E-state index in [1.807, 2.05) is 32.0 Å². The van der Waals surface area contributed by atoms with Crippen molar-refractivity contribution < 1.29 is 4.79 Å². The van der Waals surface area contributed by atoms with Gasteiger partial charge in [0.05, 0.1) is 5.92 Å². The van der Waals surface area contributed by atoms with Crippen molar-refractivity contribution in [1.82, 2.24) is 4.90 Å². The third-order valence-electron chi connectivity index (χ3n) is 3.07. The summed E-state index contributed by atoms with van der Waals surface area (Å²) < 4.78 is 0. The molecule has 0 saturated carbocycles. The number of rotatable bonds is 4. The van der Waals surface area contributed by atoms with Gasteiger partial charge < -0.3 is 10.6 Å². The molecule has 94 valence electrons. The molecule has 0 spiro atoms. The van der Waals surface area contributed by atoms with E-state index in [1.165, 1.54) is 0 Å². The van der Waals surface area contributed by atoms with Gasteiger partial charge in [0, 0.05) is 24.7 Å². The molecule has 0 aliphatic heterocycles. The van der Waals surface area contributed by atoms with Gasteiger partial charge in [0.25, 0.3) is 0 Å². The standard InChI is InChI=1S/C13H19ClN2O/c1-9(8-15)16(3)13(17)10(2)11-5-4-6-12(14)7-11/h4-7,9-10H,8,15H2,1-3H3. The predicted octanol–water partition coefficient (Wildman–Crippen LogP) is 2.25. The number of halogens is 1. The lowest BCUT2D eigenvalue weighted by atomic mass is 9.99. The van der Waals surface area contributed by atoms with Crippen molar-refractivity contribution in [2.45, 2.75) is 25.8 Å². The van der Waals surface area contributed by atoms with Gasteiger partial charge in [0.1, 0.15) is 0 Å². The van der Waals surface area contributed by atoms with Crippen molar-refractivity contribution in [3.8, 4) is 0 Å². The maximum atomic E-state index is 12.2. The number of benzene rings is 1. The Kier molecular flexibility index (Phi) is 4.97. The van der Waals surface area contributed by atoms with Crippen LogP contribution in [-0.4, -0.2) is 30.4 Å². The first-order chi connectivity index (χ1) is 7.97. The Morgan fingerprint density at radius 3 is 2.65 bits per heavy atom. The number of carbonyl (C=O) groups is 1. The number of nitrogens with two attached hydrogens (primary N) is 1. The normalized spacial score (nSPS) is 14.2. The topological polar surface area (TPSA) is 46.3 Å². The number of nitrogens with zero attached hydrogens (tertiary/aromatic N) is 1. The van der Waals surface area contributed by atoms with Gasteiger partial charge in [-0.25, -0.2) is 0 Å². The summed E-state index contributed by atoms with van der Waals surface area (Å²) in [7, 11) is 1.78. The molecule has 1 aromatic rings. The summed E-state index contributed by atoms with van der Waals surface area (Å²) in [5, 5.41) is 0.650. The highest BCUT2D eigenvalue weighted by Crippen LogP contribution is 2.21. The summed E-state index contributed by atoms with van der Waals surface area (Å²) >= 11 is 5.92. The van der Waals surface area contributed by atoms with Gasteiger partial charge in [0.2, 0.25) is 5.91 Å². The molecule has 2 N–H and O–H groups in total. The van der Waals surface area contributed by atoms with Crippen molar-refractivity contribution in [3.05, 3.63) is 34.9 Å². The van der Waals surface area contributed by atoms with Crippen LogP contribution in [0.2, 0.25) is 5.02 Å². The highest BCUT2D eigenvalue weighted by molar-refractivity contribution is 6.30. The number of carbonyl (C=O) groups excluding carboxylic acids is 1. The zero-order chi connectivity index (χ0) is 13.0. The van der Waals surface area contributed by atoms with Crippen LogP contribution in [0.15, 0.2) is 24.3 Å². The highest BCUT2D eigenvalue weighted by Gasteiger charge is 2.22. The van der Waals surface area contributed by atoms with Gasteiger partial charge >= 0.3 is 0 Å². The smallest absolute Gasteiger partial charge is 0.229 e. The van der Waals surface area contributed by atoms with E-state index in [2.05, 4.69) is 0 Å². The van der Waals surface area contributed by atoms with Crippen LogP contribution in [0.3, 0.4) is 0 Å². The third kappa shape index (κ3) is 3.45. The van der Waals surface area contributed by atoms with Crippen LogP contribution in [0.5, 0.6) is 0 Å². The second-order valence-electron chi connectivity index (χ2n) is 4.31. The number of likely N-dealkylation sites (N-methyl/N-ethyl adjacent to an activating group) is 1. The Labute approximate surface area is 108 Å². The zero-order valence-corrected chi connectivity index (χ0v) is 11.2. The molecule has 0 aromatic heterocycles. The Morgan fingerprint density at radius 1 is 1.47 bits per heavy atom. The van der Waals surface area contributed by atoms with Crippen LogP contribution in [-0.2, 0) is 4.79 Å². The Morgan fingerprint density at radius 2 is 2.12 bits per heavy atom. The molecular weight excluding hydrogens is 236 g/mol. The van der Waals surface area contributed by atoms with Crippen LogP contribution in [0, 0.1) is 0 Å². The first-order valence-corrected chi connectivity index (χ1v) is 6.07. The van der Waals surface area contributed by atoms with E-state index in [1.54, 1.807) is 18.0 Å². The molecule has 0 fully saturated rings. The number of amides is 1.